The standard InChI is InChI=1S/C21H26N4O2/c1-16(18-6-3-2-4-7-18)24-21(27)20(26)23-14-17-9-12-25(13-10-17)19-8-5-11-22-15-19/h2-8,11,15-17H,9-10,12-14H2,1H3,(H,23,26)(H,24,27). The average Bonchev–Trinajstić information content (AvgIpc) is 2.73. The van der Waals surface area contributed by atoms with Crippen LogP contribution in [0, 0.1) is 5.92 Å². The van der Waals surface area contributed by atoms with Gasteiger partial charge in [0, 0.05) is 25.8 Å². The highest BCUT2D eigenvalue weighted by molar-refractivity contribution is 6.35. The largest absolute Gasteiger partial charge is 0.370 e. The number of benzene rings is 1. The summed E-state index contributed by atoms with van der Waals surface area (Å²) in [6, 6.07) is 13.4. The molecule has 1 aliphatic heterocycles. The molecule has 1 saturated heterocycles. The Labute approximate surface area is 160 Å². The van der Waals surface area contributed by atoms with Crippen LogP contribution in [-0.4, -0.2) is 36.4 Å². The Morgan fingerprint density at radius 3 is 2.52 bits per heavy atom. The van der Waals surface area contributed by atoms with Crippen molar-refractivity contribution >= 4 is 17.5 Å². The zero-order valence-electron chi connectivity index (χ0n) is 15.6. The summed E-state index contributed by atoms with van der Waals surface area (Å²) < 4.78 is 0. The highest BCUT2D eigenvalue weighted by atomic mass is 16.2. The predicted molar refractivity (Wildman–Crippen MR) is 105 cm³/mol. The summed E-state index contributed by atoms with van der Waals surface area (Å²) in [6.07, 6.45) is 5.62. The van der Waals surface area contributed by atoms with Crippen LogP contribution in [0.2, 0.25) is 0 Å². The second-order valence-electron chi connectivity index (χ2n) is 6.96. The van der Waals surface area contributed by atoms with Crippen molar-refractivity contribution in [3.05, 3.63) is 60.4 Å². The van der Waals surface area contributed by atoms with Gasteiger partial charge >= 0.3 is 11.8 Å². The smallest absolute Gasteiger partial charge is 0.309 e. The Kier molecular flexibility index (Phi) is 6.41. The van der Waals surface area contributed by atoms with Gasteiger partial charge in [-0.3, -0.25) is 14.6 Å². The summed E-state index contributed by atoms with van der Waals surface area (Å²) in [7, 11) is 0. The maximum absolute atomic E-state index is 12.1. The molecule has 2 aromatic rings. The van der Waals surface area contributed by atoms with E-state index < -0.39 is 11.8 Å². The Bertz CT molecular complexity index is 743. The third-order valence-corrected chi connectivity index (χ3v) is 5.03. The fourth-order valence-electron chi connectivity index (χ4n) is 3.34. The molecule has 1 aromatic heterocycles. The van der Waals surface area contributed by atoms with Gasteiger partial charge in [0.15, 0.2) is 0 Å². The van der Waals surface area contributed by atoms with Crippen LogP contribution in [0.25, 0.3) is 0 Å². The first kappa shape index (κ1) is 18.9. The Morgan fingerprint density at radius 1 is 1.11 bits per heavy atom. The lowest BCUT2D eigenvalue weighted by Gasteiger charge is -2.33. The van der Waals surface area contributed by atoms with Crippen molar-refractivity contribution in [3.8, 4) is 0 Å². The van der Waals surface area contributed by atoms with E-state index in [9.17, 15) is 9.59 Å². The first-order valence-electron chi connectivity index (χ1n) is 9.42. The van der Waals surface area contributed by atoms with Gasteiger partial charge in [0.1, 0.15) is 0 Å². The van der Waals surface area contributed by atoms with Crippen molar-refractivity contribution in [1.29, 1.82) is 0 Å². The molecule has 1 aromatic carbocycles. The van der Waals surface area contributed by atoms with Crippen LogP contribution < -0.4 is 15.5 Å². The maximum atomic E-state index is 12.1. The number of nitrogens with zero attached hydrogens (tertiary/aromatic N) is 2. The zero-order chi connectivity index (χ0) is 19.1. The van der Waals surface area contributed by atoms with E-state index in [1.807, 2.05) is 49.5 Å². The Hall–Kier alpha value is -2.89. The van der Waals surface area contributed by atoms with Gasteiger partial charge < -0.3 is 15.5 Å². The van der Waals surface area contributed by atoms with Crippen molar-refractivity contribution in [2.75, 3.05) is 24.5 Å². The SMILES string of the molecule is CC(NC(=O)C(=O)NCC1CCN(c2cccnc2)CC1)c1ccccc1. The van der Waals surface area contributed by atoms with Crippen molar-refractivity contribution in [2.45, 2.75) is 25.8 Å². The molecule has 3 rings (SSSR count). The van der Waals surface area contributed by atoms with Crippen molar-refractivity contribution in [1.82, 2.24) is 15.6 Å². The number of anilines is 1. The van der Waals surface area contributed by atoms with Crippen LogP contribution in [-0.2, 0) is 9.59 Å². The third kappa shape index (κ3) is 5.29. The predicted octanol–water partition coefficient (Wildman–Crippen LogP) is 2.29. The summed E-state index contributed by atoms with van der Waals surface area (Å²) in [4.78, 5) is 30.7. The number of piperidine rings is 1. The zero-order valence-corrected chi connectivity index (χ0v) is 15.6. The van der Waals surface area contributed by atoms with E-state index in [0.29, 0.717) is 12.5 Å². The van der Waals surface area contributed by atoms with Gasteiger partial charge in [0.2, 0.25) is 0 Å². The molecule has 1 atom stereocenters. The lowest BCUT2D eigenvalue weighted by atomic mass is 9.96. The van der Waals surface area contributed by atoms with E-state index in [4.69, 9.17) is 0 Å². The van der Waals surface area contributed by atoms with Crippen molar-refractivity contribution in [2.24, 2.45) is 5.92 Å². The van der Waals surface area contributed by atoms with Crippen LogP contribution in [0.5, 0.6) is 0 Å². The summed E-state index contributed by atoms with van der Waals surface area (Å²) in [5.74, 6) is -0.757. The molecule has 1 aliphatic rings. The molecule has 0 aliphatic carbocycles. The third-order valence-electron chi connectivity index (χ3n) is 5.03. The molecule has 2 heterocycles. The van der Waals surface area contributed by atoms with E-state index in [-0.39, 0.29) is 6.04 Å². The molecular formula is C21H26N4O2. The monoisotopic (exact) mass is 366 g/mol. The molecule has 0 saturated carbocycles. The van der Waals surface area contributed by atoms with Crippen molar-refractivity contribution < 1.29 is 9.59 Å². The second kappa shape index (κ2) is 9.16. The molecule has 142 valence electrons. The van der Waals surface area contributed by atoms with Crippen LogP contribution in [0.1, 0.15) is 31.4 Å². The molecule has 0 radical (unpaired) electrons. The number of hydrogen-bond donors (Lipinski definition) is 2. The molecule has 0 spiro atoms. The number of amides is 2. The van der Waals surface area contributed by atoms with Crippen LogP contribution in [0.3, 0.4) is 0 Å². The van der Waals surface area contributed by atoms with E-state index in [1.165, 1.54) is 0 Å². The maximum Gasteiger partial charge on any atom is 0.309 e. The lowest BCUT2D eigenvalue weighted by Crippen LogP contribution is -2.44. The molecule has 27 heavy (non-hydrogen) atoms. The first-order valence-corrected chi connectivity index (χ1v) is 9.42. The highest BCUT2D eigenvalue weighted by Crippen LogP contribution is 2.21. The molecule has 2 N–H and O–H groups in total. The van der Waals surface area contributed by atoms with E-state index in [1.54, 1.807) is 6.20 Å². The summed E-state index contributed by atoms with van der Waals surface area (Å²) in [6.45, 7) is 4.27. The highest BCUT2D eigenvalue weighted by Gasteiger charge is 2.22. The van der Waals surface area contributed by atoms with E-state index in [2.05, 4.69) is 26.6 Å². The fraction of sp³-hybridized carbons (Fsp3) is 0.381. The quantitative estimate of drug-likeness (QED) is 0.797. The molecule has 2 amide bonds. The fourth-order valence-corrected chi connectivity index (χ4v) is 3.34. The van der Waals surface area contributed by atoms with E-state index >= 15 is 0 Å². The van der Waals surface area contributed by atoms with Crippen LogP contribution >= 0.6 is 0 Å². The molecule has 6 nitrogen and oxygen atoms in total. The molecular weight excluding hydrogens is 340 g/mol. The van der Waals surface area contributed by atoms with Crippen LogP contribution in [0.4, 0.5) is 5.69 Å². The van der Waals surface area contributed by atoms with Crippen molar-refractivity contribution in [3.63, 3.8) is 0 Å². The first-order chi connectivity index (χ1) is 13.1. The van der Waals surface area contributed by atoms with Gasteiger partial charge in [-0.05, 0) is 43.4 Å². The van der Waals surface area contributed by atoms with Gasteiger partial charge in [-0.1, -0.05) is 30.3 Å². The summed E-state index contributed by atoms with van der Waals surface area (Å²) in [5, 5.41) is 5.53. The van der Waals surface area contributed by atoms with Gasteiger partial charge in [-0.25, -0.2) is 0 Å². The Balaban J connectivity index is 1.40. The van der Waals surface area contributed by atoms with E-state index in [0.717, 1.165) is 37.2 Å². The number of nitrogens with one attached hydrogen (secondary N) is 2. The number of pyridine rings is 1. The number of rotatable bonds is 5. The summed E-state index contributed by atoms with van der Waals surface area (Å²) in [5.41, 5.74) is 2.11. The normalized spacial score (nSPS) is 15.8. The van der Waals surface area contributed by atoms with Gasteiger partial charge in [0.25, 0.3) is 0 Å². The van der Waals surface area contributed by atoms with Gasteiger partial charge in [-0.2, -0.15) is 0 Å². The summed E-state index contributed by atoms with van der Waals surface area (Å²) >= 11 is 0. The number of aromatic nitrogens is 1. The molecule has 1 unspecified atom stereocenters. The number of carbonyl (C=O) groups excluding carboxylic acids is 2. The molecule has 1 fully saturated rings. The minimum absolute atomic E-state index is 0.202. The van der Waals surface area contributed by atoms with Crippen LogP contribution in [0.15, 0.2) is 54.9 Å². The van der Waals surface area contributed by atoms with Gasteiger partial charge in [0.05, 0.1) is 17.9 Å². The lowest BCUT2D eigenvalue weighted by molar-refractivity contribution is -0.139. The van der Waals surface area contributed by atoms with Gasteiger partial charge in [-0.15, -0.1) is 0 Å². The topological polar surface area (TPSA) is 74.3 Å². The minimum atomic E-state index is -0.584. The average molecular weight is 366 g/mol. The molecule has 0 bridgehead atoms. The number of hydrogen-bond acceptors (Lipinski definition) is 4. The molecule has 6 heteroatoms. The number of carbonyl (C=O) groups is 2. The second-order valence-corrected chi connectivity index (χ2v) is 6.96. The Morgan fingerprint density at radius 2 is 1.85 bits per heavy atom. The minimum Gasteiger partial charge on any atom is -0.370 e.